The number of halogens is 1. The van der Waals surface area contributed by atoms with Crippen molar-refractivity contribution in [2.45, 2.75) is 26.3 Å². The molecule has 0 saturated carbocycles. The monoisotopic (exact) mass is 489 g/mol. The number of aryl methyl sites for hydroxylation is 3. The Balaban J connectivity index is 1.58. The first-order valence-corrected chi connectivity index (χ1v) is 12.0. The Hall–Kier alpha value is -3.55. The fourth-order valence-electron chi connectivity index (χ4n) is 4.70. The summed E-state index contributed by atoms with van der Waals surface area (Å²) >= 11 is 6.60. The fourth-order valence-corrected chi connectivity index (χ4v) is 4.97. The lowest BCUT2D eigenvalue weighted by molar-refractivity contribution is 0.479. The minimum atomic E-state index is -0.178. The van der Waals surface area contributed by atoms with E-state index in [0.717, 1.165) is 53.3 Å². The highest BCUT2D eigenvalue weighted by Crippen LogP contribution is 2.41. The van der Waals surface area contributed by atoms with Crippen LogP contribution in [0, 0.1) is 13.8 Å². The molecule has 1 fully saturated rings. The number of hydrogen-bond donors (Lipinski definition) is 2. The molecule has 7 nitrogen and oxygen atoms in total. The maximum atomic E-state index is 12.4. The van der Waals surface area contributed by atoms with Gasteiger partial charge >= 0.3 is 5.69 Å². The molecule has 1 saturated heterocycles. The van der Waals surface area contributed by atoms with Crippen LogP contribution in [0.4, 0.5) is 5.82 Å². The number of nitrogens with two attached hydrogens (primary N) is 1. The van der Waals surface area contributed by atoms with Gasteiger partial charge in [-0.05, 0) is 73.4 Å². The van der Waals surface area contributed by atoms with Crippen molar-refractivity contribution in [1.82, 2.24) is 14.1 Å². The highest BCUT2D eigenvalue weighted by Gasteiger charge is 2.22. The molecule has 2 aromatic heterocycles. The lowest BCUT2D eigenvalue weighted by Crippen LogP contribution is -2.27. The van der Waals surface area contributed by atoms with Crippen LogP contribution in [0.1, 0.15) is 17.7 Å². The molecule has 1 aliphatic heterocycles. The van der Waals surface area contributed by atoms with Gasteiger partial charge in [-0.1, -0.05) is 17.7 Å². The Labute approximate surface area is 209 Å². The number of nitrogens with zero attached hydrogens (tertiary/aromatic N) is 4. The summed E-state index contributed by atoms with van der Waals surface area (Å²) in [5.74, 6) is 1.04. The summed E-state index contributed by atoms with van der Waals surface area (Å²) in [4.78, 5) is 19.3. The number of rotatable bonds is 4. The van der Waals surface area contributed by atoms with Crippen LogP contribution < -0.4 is 16.3 Å². The zero-order chi connectivity index (χ0) is 24.9. The van der Waals surface area contributed by atoms with Crippen molar-refractivity contribution in [3.8, 4) is 33.7 Å². The molecule has 2 aromatic carbocycles. The zero-order valence-corrected chi connectivity index (χ0v) is 20.8. The maximum absolute atomic E-state index is 12.4. The van der Waals surface area contributed by atoms with E-state index in [1.54, 1.807) is 31.6 Å². The van der Waals surface area contributed by atoms with Gasteiger partial charge in [0.2, 0.25) is 0 Å². The smallest absolute Gasteiger partial charge is 0.332 e. The largest absolute Gasteiger partial charge is 0.507 e. The summed E-state index contributed by atoms with van der Waals surface area (Å²) in [5.41, 5.74) is 11.5. The molecule has 0 unspecified atom stereocenters. The van der Waals surface area contributed by atoms with Crippen LogP contribution in [-0.4, -0.2) is 38.4 Å². The summed E-state index contributed by atoms with van der Waals surface area (Å²) in [6, 6.07) is 13.5. The first kappa shape index (κ1) is 23.2. The number of anilines is 1. The van der Waals surface area contributed by atoms with Gasteiger partial charge in [0.05, 0.1) is 10.7 Å². The number of pyridine rings is 1. The first-order chi connectivity index (χ1) is 16.7. The molecule has 3 N–H and O–H groups in total. The summed E-state index contributed by atoms with van der Waals surface area (Å²) in [6.07, 6.45) is 4.31. The molecular formula is C27H28ClN5O2. The second-order valence-electron chi connectivity index (χ2n) is 9.29. The predicted molar refractivity (Wildman–Crippen MR) is 141 cm³/mol. The lowest BCUT2D eigenvalue weighted by atomic mass is 9.94. The van der Waals surface area contributed by atoms with E-state index in [-0.39, 0.29) is 17.5 Å². The number of benzene rings is 2. The van der Waals surface area contributed by atoms with Crippen molar-refractivity contribution in [3.05, 3.63) is 81.6 Å². The molecule has 0 radical (unpaired) electrons. The predicted octanol–water partition coefficient (Wildman–Crippen LogP) is 4.42. The third kappa shape index (κ3) is 4.33. The van der Waals surface area contributed by atoms with Crippen LogP contribution in [0.5, 0.6) is 5.75 Å². The third-order valence-electron chi connectivity index (χ3n) is 6.52. The number of imidazole rings is 1. The minimum Gasteiger partial charge on any atom is -0.507 e. The van der Waals surface area contributed by atoms with E-state index < -0.39 is 0 Å². The standard InChI is InChI=1S/C27H28ClN5O2/c1-16-10-21(18-4-5-24(23(28)13-18)33-9-8-31(3)27(33)35)26(34)22(11-16)19-12-17(2)30-25(14-19)32-7-6-20(29)15-32/h4-5,8-14,20,34H,6-7,15,29H2,1-3H3/t20-/m0/s1. The summed E-state index contributed by atoms with van der Waals surface area (Å²) in [5, 5.41) is 11.8. The van der Waals surface area contributed by atoms with E-state index in [2.05, 4.69) is 4.90 Å². The number of phenols is 1. The molecule has 0 amide bonds. The number of aromatic nitrogens is 3. The van der Waals surface area contributed by atoms with Crippen LogP contribution >= 0.6 is 11.6 Å². The molecule has 0 spiro atoms. The van der Waals surface area contributed by atoms with Crippen molar-refractivity contribution < 1.29 is 5.11 Å². The SMILES string of the molecule is Cc1cc(-c2cc(C)nc(N3CC[C@H](N)C3)c2)c(O)c(-c2ccc(-n3ccn(C)c3=O)c(Cl)c2)c1. The third-order valence-corrected chi connectivity index (χ3v) is 6.82. The van der Waals surface area contributed by atoms with E-state index in [1.165, 1.54) is 9.13 Å². The number of aromatic hydroxyl groups is 1. The molecule has 0 bridgehead atoms. The first-order valence-electron chi connectivity index (χ1n) is 11.6. The van der Waals surface area contributed by atoms with Crippen molar-refractivity contribution in [2.24, 2.45) is 12.8 Å². The molecule has 4 aromatic rings. The van der Waals surface area contributed by atoms with Gasteiger partial charge in [0.15, 0.2) is 0 Å². The van der Waals surface area contributed by atoms with Crippen molar-refractivity contribution in [2.75, 3.05) is 18.0 Å². The van der Waals surface area contributed by atoms with E-state index in [0.29, 0.717) is 16.3 Å². The van der Waals surface area contributed by atoms with E-state index in [9.17, 15) is 9.90 Å². The van der Waals surface area contributed by atoms with Gasteiger partial charge in [-0.3, -0.25) is 4.57 Å². The van der Waals surface area contributed by atoms with E-state index in [1.807, 2.05) is 44.2 Å². The molecule has 0 aliphatic carbocycles. The van der Waals surface area contributed by atoms with Gasteiger partial charge in [-0.2, -0.15) is 0 Å². The van der Waals surface area contributed by atoms with Crippen LogP contribution in [0.25, 0.3) is 27.9 Å². The Morgan fingerprint density at radius 3 is 2.43 bits per heavy atom. The topological polar surface area (TPSA) is 89.3 Å². The van der Waals surface area contributed by atoms with Gasteiger partial charge < -0.3 is 20.3 Å². The molecule has 5 rings (SSSR count). The van der Waals surface area contributed by atoms with Gasteiger partial charge in [0.25, 0.3) is 0 Å². The van der Waals surface area contributed by atoms with Gasteiger partial charge in [-0.25, -0.2) is 9.78 Å². The highest BCUT2D eigenvalue weighted by atomic mass is 35.5. The normalized spacial score (nSPS) is 15.7. The molecule has 1 aliphatic rings. The van der Waals surface area contributed by atoms with E-state index >= 15 is 0 Å². The van der Waals surface area contributed by atoms with Crippen LogP contribution in [0.2, 0.25) is 5.02 Å². The molecule has 3 heterocycles. The van der Waals surface area contributed by atoms with Crippen molar-refractivity contribution in [1.29, 1.82) is 0 Å². The van der Waals surface area contributed by atoms with Crippen LogP contribution in [-0.2, 0) is 7.05 Å². The summed E-state index contributed by atoms with van der Waals surface area (Å²) in [6.45, 7) is 5.61. The number of phenolic OH excluding ortho intramolecular Hbond substituents is 1. The lowest BCUT2D eigenvalue weighted by Gasteiger charge is -2.19. The summed E-state index contributed by atoms with van der Waals surface area (Å²) in [7, 11) is 1.69. The van der Waals surface area contributed by atoms with Gasteiger partial charge in [0.1, 0.15) is 11.6 Å². The zero-order valence-electron chi connectivity index (χ0n) is 20.0. The quantitative estimate of drug-likeness (QED) is 0.443. The minimum absolute atomic E-state index is 0.152. The van der Waals surface area contributed by atoms with Crippen LogP contribution in [0.3, 0.4) is 0 Å². The average molecular weight is 490 g/mol. The Bertz CT molecular complexity index is 1490. The molecule has 1 atom stereocenters. The van der Waals surface area contributed by atoms with Crippen LogP contribution in [0.15, 0.2) is 59.7 Å². The molecule has 180 valence electrons. The van der Waals surface area contributed by atoms with Gasteiger partial charge in [-0.15, -0.1) is 0 Å². The van der Waals surface area contributed by atoms with E-state index in [4.69, 9.17) is 22.3 Å². The number of hydrogen-bond acceptors (Lipinski definition) is 5. The van der Waals surface area contributed by atoms with Crippen molar-refractivity contribution >= 4 is 17.4 Å². The second-order valence-corrected chi connectivity index (χ2v) is 9.69. The molecule has 35 heavy (non-hydrogen) atoms. The molecular weight excluding hydrogens is 462 g/mol. The Morgan fingerprint density at radius 2 is 1.80 bits per heavy atom. The Morgan fingerprint density at radius 1 is 1.06 bits per heavy atom. The van der Waals surface area contributed by atoms with Crippen molar-refractivity contribution in [3.63, 3.8) is 0 Å². The second kappa shape index (κ2) is 8.91. The summed E-state index contributed by atoms with van der Waals surface area (Å²) < 4.78 is 2.99. The maximum Gasteiger partial charge on any atom is 0.332 e. The fraction of sp³-hybridized carbons (Fsp3) is 0.259. The Kier molecular flexibility index (Phi) is 5.91. The average Bonchev–Trinajstić information content (AvgIpc) is 3.40. The molecule has 8 heteroatoms. The van der Waals surface area contributed by atoms with Gasteiger partial charge in [0, 0.05) is 55.4 Å². The highest BCUT2D eigenvalue weighted by molar-refractivity contribution is 6.32.